The van der Waals surface area contributed by atoms with Crippen molar-refractivity contribution in [2.24, 2.45) is 5.92 Å². The quantitative estimate of drug-likeness (QED) is 0.750. The number of imidazole rings is 1. The van der Waals surface area contributed by atoms with E-state index >= 15 is 0 Å². The molecule has 1 atom stereocenters. The Morgan fingerprint density at radius 2 is 2.11 bits per heavy atom. The number of amides is 2. The van der Waals surface area contributed by atoms with Crippen LogP contribution in [0.25, 0.3) is 11.0 Å². The first-order valence-corrected chi connectivity index (χ1v) is 8.81. The zero-order valence-corrected chi connectivity index (χ0v) is 15.3. The smallest absolute Gasteiger partial charge is 0.244 e. The van der Waals surface area contributed by atoms with Crippen LogP contribution in [0.1, 0.15) is 6.42 Å². The molecule has 0 saturated carbocycles. The van der Waals surface area contributed by atoms with Gasteiger partial charge in [0, 0.05) is 18.0 Å². The third-order valence-electron chi connectivity index (χ3n) is 4.61. The molecule has 8 heteroatoms. The summed E-state index contributed by atoms with van der Waals surface area (Å²) in [6.45, 7) is 0.258. The summed E-state index contributed by atoms with van der Waals surface area (Å²) in [6, 6.07) is 12.6. The van der Waals surface area contributed by atoms with Gasteiger partial charge in [-0.05, 0) is 30.3 Å². The predicted molar refractivity (Wildman–Crippen MR) is 103 cm³/mol. The Balaban J connectivity index is 1.54. The van der Waals surface area contributed by atoms with E-state index in [1.807, 2.05) is 24.3 Å². The monoisotopic (exact) mass is 384 g/mol. The van der Waals surface area contributed by atoms with E-state index in [0.29, 0.717) is 16.5 Å². The number of anilines is 1. The van der Waals surface area contributed by atoms with Gasteiger partial charge < -0.3 is 9.64 Å². The molecule has 2 amide bonds. The molecule has 1 saturated heterocycles. The number of benzene rings is 2. The maximum Gasteiger partial charge on any atom is 0.244 e. The second-order valence-electron chi connectivity index (χ2n) is 6.30. The Bertz CT molecular complexity index is 1030. The molecule has 0 radical (unpaired) electrons. The van der Waals surface area contributed by atoms with E-state index < -0.39 is 5.92 Å². The van der Waals surface area contributed by atoms with Gasteiger partial charge >= 0.3 is 0 Å². The van der Waals surface area contributed by atoms with Gasteiger partial charge in [-0.1, -0.05) is 23.7 Å². The van der Waals surface area contributed by atoms with Crippen LogP contribution in [0.15, 0.2) is 48.8 Å². The number of methoxy groups -OCH3 is 1. The van der Waals surface area contributed by atoms with Crippen LogP contribution in [0.2, 0.25) is 5.02 Å². The number of halogens is 1. The molecule has 27 heavy (non-hydrogen) atoms. The molecule has 138 valence electrons. The van der Waals surface area contributed by atoms with Gasteiger partial charge in [0.2, 0.25) is 11.8 Å². The van der Waals surface area contributed by atoms with Gasteiger partial charge in [-0.3, -0.25) is 15.0 Å². The number of carbonyl (C=O) groups excluding carboxylic acids is 2. The highest BCUT2D eigenvalue weighted by Gasteiger charge is 2.36. The van der Waals surface area contributed by atoms with Crippen molar-refractivity contribution in [3.8, 4) is 5.75 Å². The minimum atomic E-state index is -0.484. The number of nitrogens with zero attached hydrogens (tertiary/aromatic N) is 3. The number of nitrogens with one attached hydrogen (secondary N) is 1. The molecule has 1 unspecified atom stereocenters. The van der Waals surface area contributed by atoms with E-state index in [-0.39, 0.29) is 24.8 Å². The summed E-state index contributed by atoms with van der Waals surface area (Å²) in [5, 5.41) is 0.497. The van der Waals surface area contributed by atoms with Crippen LogP contribution >= 0.6 is 11.6 Å². The van der Waals surface area contributed by atoms with E-state index in [1.54, 1.807) is 34.1 Å². The number of rotatable bonds is 4. The fraction of sp³-hybridized carbons (Fsp3) is 0.211. The molecular formula is C19H17ClN4O3. The topological polar surface area (TPSA) is 76.5 Å². The number of para-hydroxylation sites is 2. The Morgan fingerprint density at radius 3 is 2.93 bits per heavy atom. The average Bonchev–Trinajstić information content (AvgIpc) is 3.25. The lowest BCUT2D eigenvalue weighted by molar-refractivity contribution is -0.123. The molecule has 0 aliphatic carbocycles. The summed E-state index contributed by atoms with van der Waals surface area (Å²) >= 11 is 6.07. The molecular weight excluding hydrogens is 368 g/mol. The van der Waals surface area contributed by atoms with Crippen molar-refractivity contribution in [2.45, 2.75) is 6.42 Å². The minimum Gasteiger partial charge on any atom is -0.495 e. The van der Waals surface area contributed by atoms with Crippen molar-refractivity contribution in [3.63, 3.8) is 0 Å². The van der Waals surface area contributed by atoms with E-state index in [2.05, 4.69) is 10.4 Å². The zero-order valence-electron chi connectivity index (χ0n) is 14.6. The fourth-order valence-electron chi connectivity index (χ4n) is 3.25. The van der Waals surface area contributed by atoms with Crippen LogP contribution in [-0.4, -0.2) is 35.1 Å². The van der Waals surface area contributed by atoms with Crippen molar-refractivity contribution < 1.29 is 14.3 Å². The summed E-state index contributed by atoms with van der Waals surface area (Å²) in [5.74, 6) is -0.335. The Labute approximate surface area is 160 Å². The molecule has 1 aromatic heterocycles. The summed E-state index contributed by atoms with van der Waals surface area (Å²) < 4.78 is 6.90. The molecule has 7 nitrogen and oxygen atoms in total. The van der Waals surface area contributed by atoms with Crippen molar-refractivity contribution in [1.29, 1.82) is 0 Å². The van der Waals surface area contributed by atoms with Gasteiger partial charge in [0.1, 0.15) is 12.1 Å². The second-order valence-corrected chi connectivity index (χ2v) is 6.74. The Morgan fingerprint density at radius 1 is 1.30 bits per heavy atom. The highest BCUT2D eigenvalue weighted by molar-refractivity contribution is 6.31. The van der Waals surface area contributed by atoms with Gasteiger partial charge in [-0.15, -0.1) is 0 Å². The maximum atomic E-state index is 12.7. The van der Waals surface area contributed by atoms with Crippen molar-refractivity contribution in [1.82, 2.24) is 9.66 Å². The molecule has 1 fully saturated rings. The highest BCUT2D eigenvalue weighted by atomic mass is 35.5. The fourth-order valence-corrected chi connectivity index (χ4v) is 3.41. The Hall–Kier alpha value is -3.06. The minimum absolute atomic E-state index is 0.119. The van der Waals surface area contributed by atoms with E-state index in [0.717, 1.165) is 11.0 Å². The summed E-state index contributed by atoms with van der Waals surface area (Å²) in [7, 11) is 1.53. The molecule has 2 aromatic carbocycles. The van der Waals surface area contributed by atoms with Crippen LogP contribution in [0.5, 0.6) is 5.75 Å². The number of fused-ring (bicyclic) bond motifs is 1. The third-order valence-corrected chi connectivity index (χ3v) is 4.85. The van der Waals surface area contributed by atoms with E-state index in [9.17, 15) is 9.59 Å². The molecule has 0 bridgehead atoms. The number of ether oxygens (including phenoxy) is 1. The van der Waals surface area contributed by atoms with Crippen LogP contribution < -0.4 is 15.1 Å². The van der Waals surface area contributed by atoms with Crippen LogP contribution in [-0.2, 0) is 9.59 Å². The first-order chi connectivity index (χ1) is 13.1. The van der Waals surface area contributed by atoms with Gasteiger partial charge in [0.05, 0.1) is 29.7 Å². The number of carbonyl (C=O) groups is 2. The number of aromatic nitrogens is 2. The lowest BCUT2D eigenvalue weighted by Crippen LogP contribution is -2.31. The van der Waals surface area contributed by atoms with Gasteiger partial charge in [-0.2, -0.15) is 0 Å². The summed E-state index contributed by atoms with van der Waals surface area (Å²) in [5.41, 5.74) is 4.96. The molecule has 0 spiro atoms. The standard InChI is InChI=1S/C19H17ClN4O3/c1-27-17-7-6-13(20)9-16(17)23-10-12(8-18(23)25)19(26)22-24-11-21-14-4-2-3-5-15(14)24/h2-7,9,11-12H,8,10H2,1H3,(H,22,26). The van der Waals surface area contributed by atoms with Gasteiger partial charge in [-0.25, -0.2) is 9.66 Å². The predicted octanol–water partition coefficient (Wildman–Crippen LogP) is 2.82. The largest absolute Gasteiger partial charge is 0.495 e. The maximum absolute atomic E-state index is 12.7. The normalized spacial score (nSPS) is 16.7. The van der Waals surface area contributed by atoms with E-state index in [1.165, 1.54) is 7.11 Å². The molecule has 1 N–H and O–H groups in total. The average molecular weight is 385 g/mol. The van der Waals surface area contributed by atoms with Crippen LogP contribution in [0, 0.1) is 5.92 Å². The summed E-state index contributed by atoms with van der Waals surface area (Å²) in [4.78, 5) is 31.0. The zero-order chi connectivity index (χ0) is 19.0. The first-order valence-electron chi connectivity index (χ1n) is 8.43. The lowest BCUT2D eigenvalue weighted by atomic mass is 10.1. The molecule has 1 aliphatic heterocycles. The number of hydrogen-bond donors (Lipinski definition) is 1. The lowest BCUT2D eigenvalue weighted by Gasteiger charge is -2.20. The molecule has 1 aliphatic rings. The molecule has 2 heterocycles. The van der Waals surface area contributed by atoms with Crippen LogP contribution in [0.3, 0.4) is 0 Å². The van der Waals surface area contributed by atoms with Gasteiger partial charge in [0.15, 0.2) is 0 Å². The van der Waals surface area contributed by atoms with Gasteiger partial charge in [0.25, 0.3) is 0 Å². The molecule has 3 aromatic rings. The van der Waals surface area contributed by atoms with Crippen LogP contribution in [0.4, 0.5) is 5.69 Å². The SMILES string of the molecule is COc1ccc(Cl)cc1N1CC(C(=O)Nn2cnc3ccccc32)CC1=O. The Kier molecular flexibility index (Phi) is 4.45. The third kappa shape index (κ3) is 3.21. The number of hydrogen-bond acceptors (Lipinski definition) is 4. The van der Waals surface area contributed by atoms with Crippen molar-refractivity contribution >= 4 is 40.1 Å². The summed E-state index contributed by atoms with van der Waals surface area (Å²) in [6.07, 6.45) is 1.67. The molecule has 4 rings (SSSR count). The van der Waals surface area contributed by atoms with Crippen molar-refractivity contribution in [3.05, 3.63) is 53.8 Å². The second kappa shape index (κ2) is 6.92. The highest BCUT2D eigenvalue weighted by Crippen LogP contribution is 2.35. The first kappa shape index (κ1) is 17.4. The van der Waals surface area contributed by atoms with Crippen molar-refractivity contribution in [2.75, 3.05) is 24.0 Å². The van der Waals surface area contributed by atoms with E-state index in [4.69, 9.17) is 16.3 Å².